The SMILES string of the molecule is CCC1CC2C=CC=CC2O1. The van der Waals surface area contributed by atoms with Gasteiger partial charge in [-0.2, -0.15) is 0 Å². The van der Waals surface area contributed by atoms with Crippen molar-refractivity contribution in [3.8, 4) is 0 Å². The maximum Gasteiger partial charge on any atom is 0.0826 e. The second-order valence-electron chi connectivity index (χ2n) is 3.30. The molecule has 3 atom stereocenters. The van der Waals surface area contributed by atoms with Crippen LogP contribution in [0.25, 0.3) is 0 Å². The van der Waals surface area contributed by atoms with E-state index in [-0.39, 0.29) is 0 Å². The van der Waals surface area contributed by atoms with Crippen LogP contribution in [0.5, 0.6) is 0 Å². The standard InChI is InChI=1S/C10H14O/c1-2-9-7-8-5-3-4-6-10(8)11-9/h3-6,8-10H,2,7H2,1H3. The molecule has 0 spiro atoms. The third-order valence-corrected chi connectivity index (χ3v) is 2.53. The van der Waals surface area contributed by atoms with Crippen LogP contribution in [-0.4, -0.2) is 12.2 Å². The fourth-order valence-corrected chi connectivity index (χ4v) is 1.84. The van der Waals surface area contributed by atoms with Gasteiger partial charge < -0.3 is 4.74 Å². The fourth-order valence-electron chi connectivity index (χ4n) is 1.84. The van der Waals surface area contributed by atoms with Crippen LogP contribution in [-0.2, 0) is 4.74 Å². The third-order valence-electron chi connectivity index (χ3n) is 2.53. The summed E-state index contributed by atoms with van der Waals surface area (Å²) in [6.07, 6.45) is 11.9. The predicted octanol–water partition coefficient (Wildman–Crippen LogP) is 2.30. The summed E-state index contributed by atoms with van der Waals surface area (Å²) >= 11 is 0. The molecule has 11 heavy (non-hydrogen) atoms. The second kappa shape index (κ2) is 2.82. The number of allylic oxidation sites excluding steroid dienone is 2. The zero-order valence-corrected chi connectivity index (χ0v) is 6.86. The second-order valence-corrected chi connectivity index (χ2v) is 3.30. The van der Waals surface area contributed by atoms with E-state index in [1.54, 1.807) is 0 Å². The zero-order valence-electron chi connectivity index (χ0n) is 6.86. The van der Waals surface area contributed by atoms with Crippen molar-refractivity contribution in [2.45, 2.75) is 32.0 Å². The van der Waals surface area contributed by atoms with Gasteiger partial charge in [-0.05, 0) is 12.8 Å². The van der Waals surface area contributed by atoms with Gasteiger partial charge in [0.15, 0.2) is 0 Å². The Morgan fingerprint density at radius 3 is 2.91 bits per heavy atom. The van der Waals surface area contributed by atoms with Crippen LogP contribution in [0.2, 0.25) is 0 Å². The van der Waals surface area contributed by atoms with Crippen LogP contribution in [0.4, 0.5) is 0 Å². The van der Waals surface area contributed by atoms with Crippen molar-refractivity contribution in [1.82, 2.24) is 0 Å². The van der Waals surface area contributed by atoms with Gasteiger partial charge in [0.05, 0.1) is 12.2 Å². The molecule has 0 radical (unpaired) electrons. The van der Waals surface area contributed by atoms with Gasteiger partial charge in [0.1, 0.15) is 0 Å². The van der Waals surface area contributed by atoms with Crippen LogP contribution in [0, 0.1) is 5.92 Å². The molecule has 2 rings (SSSR count). The van der Waals surface area contributed by atoms with Gasteiger partial charge in [-0.1, -0.05) is 31.2 Å². The monoisotopic (exact) mass is 150 g/mol. The first-order valence-electron chi connectivity index (χ1n) is 4.40. The summed E-state index contributed by atoms with van der Waals surface area (Å²) in [6, 6.07) is 0. The quantitative estimate of drug-likeness (QED) is 0.557. The smallest absolute Gasteiger partial charge is 0.0826 e. The predicted molar refractivity (Wildman–Crippen MR) is 45.3 cm³/mol. The Morgan fingerprint density at radius 2 is 2.18 bits per heavy atom. The van der Waals surface area contributed by atoms with Gasteiger partial charge in [0, 0.05) is 5.92 Å². The van der Waals surface area contributed by atoms with Gasteiger partial charge in [0.2, 0.25) is 0 Å². The molecule has 1 aliphatic carbocycles. The van der Waals surface area contributed by atoms with Gasteiger partial charge in [-0.3, -0.25) is 0 Å². The molecular weight excluding hydrogens is 136 g/mol. The van der Waals surface area contributed by atoms with Crippen molar-refractivity contribution < 1.29 is 4.74 Å². The van der Waals surface area contributed by atoms with Gasteiger partial charge >= 0.3 is 0 Å². The maximum absolute atomic E-state index is 5.78. The maximum atomic E-state index is 5.78. The highest BCUT2D eigenvalue weighted by molar-refractivity contribution is 5.17. The Labute approximate surface area is 67.7 Å². The first kappa shape index (κ1) is 7.11. The molecule has 0 bridgehead atoms. The molecule has 0 amide bonds. The number of rotatable bonds is 1. The number of fused-ring (bicyclic) bond motifs is 1. The molecular formula is C10H14O. The molecule has 1 heterocycles. The third kappa shape index (κ3) is 1.25. The Hall–Kier alpha value is -0.560. The molecule has 2 aliphatic rings. The Balaban J connectivity index is 2.06. The largest absolute Gasteiger partial charge is 0.370 e. The lowest BCUT2D eigenvalue weighted by Gasteiger charge is -2.12. The summed E-state index contributed by atoms with van der Waals surface area (Å²) in [5.41, 5.74) is 0. The van der Waals surface area contributed by atoms with Crippen molar-refractivity contribution in [3.05, 3.63) is 24.3 Å². The lowest BCUT2D eigenvalue weighted by atomic mass is 9.95. The van der Waals surface area contributed by atoms with Gasteiger partial charge in [-0.25, -0.2) is 0 Å². The Morgan fingerprint density at radius 1 is 1.36 bits per heavy atom. The molecule has 0 aromatic rings. The van der Waals surface area contributed by atoms with E-state index in [9.17, 15) is 0 Å². The highest BCUT2D eigenvalue weighted by atomic mass is 16.5. The van der Waals surface area contributed by atoms with E-state index in [2.05, 4.69) is 31.2 Å². The highest BCUT2D eigenvalue weighted by Crippen LogP contribution is 2.31. The van der Waals surface area contributed by atoms with Crippen molar-refractivity contribution in [2.24, 2.45) is 5.92 Å². The van der Waals surface area contributed by atoms with E-state index in [4.69, 9.17) is 4.74 Å². The molecule has 1 aliphatic heterocycles. The molecule has 1 heteroatoms. The van der Waals surface area contributed by atoms with Crippen molar-refractivity contribution >= 4 is 0 Å². The molecule has 60 valence electrons. The molecule has 3 unspecified atom stereocenters. The minimum atomic E-state index is 0.380. The van der Waals surface area contributed by atoms with Crippen molar-refractivity contribution in [2.75, 3.05) is 0 Å². The van der Waals surface area contributed by atoms with Crippen LogP contribution in [0.15, 0.2) is 24.3 Å². The number of hydrogen-bond acceptors (Lipinski definition) is 1. The molecule has 1 fully saturated rings. The van der Waals surface area contributed by atoms with E-state index >= 15 is 0 Å². The average Bonchev–Trinajstić information content (AvgIpc) is 2.46. The summed E-state index contributed by atoms with van der Waals surface area (Å²) in [7, 11) is 0. The molecule has 1 saturated heterocycles. The number of ether oxygens (including phenoxy) is 1. The summed E-state index contributed by atoms with van der Waals surface area (Å²) in [5, 5.41) is 0. The normalized spacial score (nSPS) is 41.0. The van der Waals surface area contributed by atoms with E-state index < -0.39 is 0 Å². The van der Waals surface area contributed by atoms with Crippen LogP contribution in [0.3, 0.4) is 0 Å². The van der Waals surface area contributed by atoms with Crippen LogP contribution >= 0.6 is 0 Å². The molecule has 1 nitrogen and oxygen atoms in total. The first-order valence-corrected chi connectivity index (χ1v) is 4.40. The van der Waals surface area contributed by atoms with Gasteiger partial charge in [0.25, 0.3) is 0 Å². The Kier molecular flexibility index (Phi) is 1.82. The molecule has 0 aromatic carbocycles. The van der Waals surface area contributed by atoms with E-state index in [0.717, 1.165) is 6.42 Å². The number of hydrogen-bond donors (Lipinski definition) is 0. The topological polar surface area (TPSA) is 9.23 Å². The summed E-state index contributed by atoms with van der Waals surface area (Å²) < 4.78 is 5.78. The Bertz CT molecular complexity index is 173. The minimum absolute atomic E-state index is 0.380. The van der Waals surface area contributed by atoms with E-state index in [1.165, 1.54) is 6.42 Å². The van der Waals surface area contributed by atoms with E-state index in [0.29, 0.717) is 18.1 Å². The van der Waals surface area contributed by atoms with Crippen molar-refractivity contribution in [3.63, 3.8) is 0 Å². The molecule has 0 saturated carbocycles. The van der Waals surface area contributed by atoms with Gasteiger partial charge in [-0.15, -0.1) is 0 Å². The molecule has 0 N–H and O–H groups in total. The highest BCUT2D eigenvalue weighted by Gasteiger charge is 2.31. The van der Waals surface area contributed by atoms with Crippen molar-refractivity contribution in [1.29, 1.82) is 0 Å². The zero-order chi connectivity index (χ0) is 7.68. The summed E-state index contributed by atoms with van der Waals surface area (Å²) in [5.74, 6) is 0.657. The fraction of sp³-hybridized carbons (Fsp3) is 0.600. The van der Waals surface area contributed by atoms with Crippen LogP contribution < -0.4 is 0 Å². The molecule has 0 aromatic heterocycles. The summed E-state index contributed by atoms with van der Waals surface area (Å²) in [6.45, 7) is 2.19. The lowest BCUT2D eigenvalue weighted by molar-refractivity contribution is 0.0638. The van der Waals surface area contributed by atoms with E-state index in [1.807, 2.05) is 0 Å². The first-order chi connectivity index (χ1) is 5.40. The van der Waals surface area contributed by atoms with Crippen LogP contribution in [0.1, 0.15) is 19.8 Å². The minimum Gasteiger partial charge on any atom is -0.370 e. The summed E-state index contributed by atoms with van der Waals surface area (Å²) in [4.78, 5) is 0. The lowest BCUT2D eigenvalue weighted by Crippen LogP contribution is -2.12. The average molecular weight is 150 g/mol.